The summed E-state index contributed by atoms with van der Waals surface area (Å²) in [5.41, 5.74) is 3.23. The van der Waals surface area contributed by atoms with E-state index >= 15 is 0 Å². The Hall–Kier alpha value is -2.88. The third kappa shape index (κ3) is 2.59. The number of aryl methyl sites for hydroxylation is 1. The molecule has 1 fully saturated rings. The maximum absolute atomic E-state index is 12.4. The van der Waals surface area contributed by atoms with Crippen LogP contribution in [-0.4, -0.2) is 11.9 Å². The molecule has 4 nitrogen and oxygen atoms in total. The van der Waals surface area contributed by atoms with Gasteiger partial charge in [0.15, 0.2) is 0 Å². The molecule has 2 atom stereocenters. The van der Waals surface area contributed by atoms with E-state index in [0.29, 0.717) is 17.1 Å². The van der Waals surface area contributed by atoms with Crippen molar-refractivity contribution in [3.05, 3.63) is 59.7 Å². The van der Waals surface area contributed by atoms with Gasteiger partial charge >= 0.3 is 11.9 Å². The van der Waals surface area contributed by atoms with Crippen LogP contribution in [0.5, 0.6) is 11.5 Å². The molecule has 0 heterocycles. The normalized spacial score (nSPS) is 22.0. The Balaban J connectivity index is 2.10. The number of benzene rings is 2. The molecule has 4 heteroatoms. The molecule has 0 N–H and O–H groups in total. The first kappa shape index (κ1) is 18.5. The third-order valence-corrected chi connectivity index (χ3v) is 6.15. The highest BCUT2D eigenvalue weighted by Crippen LogP contribution is 2.64. The van der Waals surface area contributed by atoms with Crippen LogP contribution in [0, 0.1) is 6.92 Å². The average molecular weight is 376 g/mol. The number of fused-ring (bicyclic) bond motifs is 6. The number of esters is 2. The van der Waals surface area contributed by atoms with Gasteiger partial charge in [-0.15, -0.1) is 0 Å². The number of rotatable bonds is 4. The van der Waals surface area contributed by atoms with E-state index in [1.165, 1.54) is 6.08 Å². The van der Waals surface area contributed by atoms with Crippen LogP contribution >= 0.6 is 0 Å². The van der Waals surface area contributed by atoms with Crippen LogP contribution in [0.4, 0.5) is 0 Å². The number of ether oxygens (including phenoxy) is 2. The fourth-order valence-corrected chi connectivity index (χ4v) is 4.90. The van der Waals surface area contributed by atoms with Crippen molar-refractivity contribution in [2.24, 2.45) is 0 Å². The first-order valence-corrected chi connectivity index (χ1v) is 9.58. The van der Waals surface area contributed by atoms with Gasteiger partial charge in [0.2, 0.25) is 0 Å². The highest BCUT2D eigenvalue weighted by atomic mass is 16.5. The van der Waals surface area contributed by atoms with Gasteiger partial charge in [0.05, 0.1) is 0 Å². The average Bonchev–Trinajstić information content (AvgIpc) is 3.18. The van der Waals surface area contributed by atoms with Gasteiger partial charge < -0.3 is 9.47 Å². The van der Waals surface area contributed by atoms with Crippen molar-refractivity contribution in [2.45, 2.75) is 51.4 Å². The lowest BCUT2D eigenvalue weighted by atomic mass is 9.78. The van der Waals surface area contributed by atoms with E-state index in [9.17, 15) is 9.59 Å². The summed E-state index contributed by atoms with van der Waals surface area (Å²) in [7, 11) is 0. The number of carbonyl (C=O) groups excluding carboxylic acids is 2. The second-order valence-corrected chi connectivity index (χ2v) is 8.24. The van der Waals surface area contributed by atoms with E-state index in [1.54, 1.807) is 6.92 Å². The smallest absolute Gasteiger partial charge is 0.338 e. The molecule has 2 unspecified atom stereocenters. The minimum atomic E-state index is -0.483. The lowest BCUT2D eigenvalue weighted by molar-refractivity contribution is -0.130. The van der Waals surface area contributed by atoms with Crippen molar-refractivity contribution in [3.63, 3.8) is 0 Å². The third-order valence-electron chi connectivity index (χ3n) is 6.15. The Morgan fingerprint density at radius 1 is 1.25 bits per heavy atom. The second-order valence-electron chi connectivity index (χ2n) is 8.24. The van der Waals surface area contributed by atoms with Gasteiger partial charge in [0.1, 0.15) is 11.5 Å². The van der Waals surface area contributed by atoms with Crippen molar-refractivity contribution in [2.75, 3.05) is 0 Å². The SMILES string of the molecule is C=CC(=O)Oc1c2c(c(OC(=O)C(=C)C)c3c(C)cccc13)C1CCC2(C)C1. The Kier molecular flexibility index (Phi) is 4.18. The predicted octanol–water partition coefficient (Wildman–Crippen LogP) is 5.26. The zero-order valence-corrected chi connectivity index (χ0v) is 16.6. The van der Waals surface area contributed by atoms with E-state index in [0.717, 1.165) is 46.7 Å². The van der Waals surface area contributed by atoms with Crippen LogP contribution < -0.4 is 9.47 Å². The highest BCUT2D eigenvalue weighted by Gasteiger charge is 2.50. The monoisotopic (exact) mass is 376 g/mol. The van der Waals surface area contributed by atoms with Crippen molar-refractivity contribution in [1.29, 1.82) is 0 Å². The first-order valence-electron chi connectivity index (χ1n) is 9.58. The Bertz CT molecular complexity index is 1060. The topological polar surface area (TPSA) is 52.6 Å². The van der Waals surface area contributed by atoms with Crippen molar-refractivity contribution in [3.8, 4) is 11.5 Å². The minimum absolute atomic E-state index is 0.0981. The molecule has 2 aliphatic carbocycles. The maximum atomic E-state index is 12.4. The van der Waals surface area contributed by atoms with Crippen LogP contribution in [0.15, 0.2) is 43.0 Å². The van der Waals surface area contributed by atoms with Gasteiger partial charge in [-0.25, -0.2) is 9.59 Å². The van der Waals surface area contributed by atoms with Crippen molar-refractivity contribution in [1.82, 2.24) is 0 Å². The van der Waals surface area contributed by atoms with Crippen LogP contribution in [0.3, 0.4) is 0 Å². The molecule has 1 saturated carbocycles. The molecular weight excluding hydrogens is 352 g/mol. The minimum Gasteiger partial charge on any atom is -0.422 e. The molecule has 0 saturated heterocycles. The van der Waals surface area contributed by atoms with Gasteiger partial charge in [-0.3, -0.25) is 0 Å². The van der Waals surface area contributed by atoms with E-state index in [2.05, 4.69) is 20.1 Å². The summed E-state index contributed by atoms with van der Waals surface area (Å²) in [6.07, 6.45) is 4.20. The zero-order valence-electron chi connectivity index (χ0n) is 16.6. The summed E-state index contributed by atoms with van der Waals surface area (Å²) in [4.78, 5) is 24.6. The fraction of sp³-hybridized carbons (Fsp3) is 0.333. The summed E-state index contributed by atoms with van der Waals surface area (Å²) in [5.74, 6) is 0.554. The molecule has 2 aromatic rings. The lowest BCUT2D eigenvalue weighted by Gasteiger charge is -2.29. The van der Waals surface area contributed by atoms with Gasteiger partial charge in [0.25, 0.3) is 0 Å². The van der Waals surface area contributed by atoms with Crippen molar-refractivity contribution >= 4 is 22.7 Å². The highest BCUT2D eigenvalue weighted by molar-refractivity contribution is 6.03. The first-order chi connectivity index (χ1) is 13.3. The van der Waals surface area contributed by atoms with Crippen LogP contribution in [-0.2, 0) is 15.0 Å². The van der Waals surface area contributed by atoms with E-state index < -0.39 is 11.9 Å². The largest absolute Gasteiger partial charge is 0.422 e. The van der Waals surface area contributed by atoms with Gasteiger partial charge in [0, 0.05) is 33.5 Å². The van der Waals surface area contributed by atoms with Crippen LogP contribution in [0.1, 0.15) is 55.7 Å². The van der Waals surface area contributed by atoms with E-state index in [1.807, 2.05) is 25.1 Å². The molecule has 0 spiro atoms. The molecule has 0 aliphatic heterocycles. The Morgan fingerprint density at radius 2 is 2.00 bits per heavy atom. The molecule has 0 radical (unpaired) electrons. The maximum Gasteiger partial charge on any atom is 0.338 e. The quantitative estimate of drug-likeness (QED) is 0.415. The predicted molar refractivity (Wildman–Crippen MR) is 109 cm³/mol. The molecule has 0 aromatic heterocycles. The van der Waals surface area contributed by atoms with Crippen LogP contribution in [0.25, 0.3) is 10.8 Å². The lowest BCUT2D eigenvalue weighted by Crippen LogP contribution is -2.20. The molecule has 28 heavy (non-hydrogen) atoms. The molecule has 4 rings (SSSR count). The van der Waals surface area contributed by atoms with Crippen molar-refractivity contribution < 1.29 is 19.1 Å². The standard InChI is InChI=1S/C24H24O4/c1-6-17(25)27-21-16-9-7-8-14(4)18(16)22(28-23(26)13(2)3)19-15-10-11-24(5,12-15)20(19)21/h6-9,15H,1-2,10-12H2,3-5H3. The Morgan fingerprint density at radius 3 is 2.68 bits per heavy atom. The Labute approximate surface area is 164 Å². The number of hydrogen-bond acceptors (Lipinski definition) is 4. The number of hydrogen-bond donors (Lipinski definition) is 0. The molecule has 144 valence electrons. The zero-order chi connectivity index (χ0) is 20.2. The molecule has 2 bridgehead atoms. The number of carbonyl (C=O) groups is 2. The van der Waals surface area contributed by atoms with Gasteiger partial charge in [-0.1, -0.05) is 38.3 Å². The van der Waals surface area contributed by atoms with Gasteiger partial charge in [-0.05, 0) is 50.0 Å². The van der Waals surface area contributed by atoms with E-state index in [4.69, 9.17) is 9.47 Å². The fourth-order valence-electron chi connectivity index (χ4n) is 4.90. The summed E-state index contributed by atoms with van der Waals surface area (Å²) in [6, 6.07) is 5.82. The molecular formula is C24H24O4. The molecule has 2 aliphatic rings. The summed E-state index contributed by atoms with van der Waals surface area (Å²) in [6.45, 7) is 13.1. The van der Waals surface area contributed by atoms with Crippen LogP contribution in [0.2, 0.25) is 0 Å². The molecule has 2 aromatic carbocycles. The summed E-state index contributed by atoms with van der Waals surface area (Å²) >= 11 is 0. The van der Waals surface area contributed by atoms with Gasteiger partial charge in [-0.2, -0.15) is 0 Å². The second kappa shape index (κ2) is 6.33. The molecule has 0 amide bonds. The van der Waals surface area contributed by atoms with E-state index in [-0.39, 0.29) is 11.3 Å². The summed E-state index contributed by atoms with van der Waals surface area (Å²) < 4.78 is 11.7. The summed E-state index contributed by atoms with van der Waals surface area (Å²) in [5, 5.41) is 1.60.